The zero-order valence-corrected chi connectivity index (χ0v) is 20.9. The third-order valence-corrected chi connectivity index (χ3v) is 6.91. The minimum atomic E-state index is -0.614. The number of hydrogen-bond donors (Lipinski definition) is 1. The number of fused-ring (bicyclic) bond motifs is 2. The van der Waals surface area contributed by atoms with Gasteiger partial charge in [-0.2, -0.15) is 0 Å². The maximum atomic E-state index is 13.6. The molecule has 2 aliphatic rings. The van der Waals surface area contributed by atoms with E-state index in [1.807, 2.05) is 79.7 Å². The molecule has 1 aliphatic carbocycles. The summed E-state index contributed by atoms with van der Waals surface area (Å²) >= 11 is 2.27. The molecule has 1 heterocycles. The first-order valence-corrected chi connectivity index (χ1v) is 12.0. The predicted octanol–water partition coefficient (Wildman–Crippen LogP) is 5.61. The van der Waals surface area contributed by atoms with Crippen molar-refractivity contribution in [2.75, 3.05) is 7.11 Å². The van der Waals surface area contributed by atoms with E-state index in [1.165, 1.54) is 7.11 Å². The van der Waals surface area contributed by atoms with Crippen molar-refractivity contribution in [1.29, 1.82) is 0 Å². The molecule has 0 saturated carbocycles. The summed E-state index contributed by atoms with van der Waals surface area (Å²) in [6.07, 6.45) is 0. The Balaban J connectivity index is 1.61. The minimum absolute atomic E-state index is 0.0931. The molecule has 0 unspecified atom stereocenters. The number of halogens is 1. The van der Waals surface area contributed by atoms with E-state index < -0.39 is 11.9 Å². The molecule has 34 heavy (non-hydrogen) atoms. The Kier molecular flexibility index (Phi) is 6.00. The van der Waals surface area contributed by atoms with E-state index >= 15 is 0 Å². The van der Waals surface area contributed by atoms with E-state index in [0.717, 1.165) is 26.0 Å². The van der Waals surface area contributed by atoms with Gasteiger partial charge < -0.3 is 14.8 Å². The molecule has 5 nitrogen and oxygen atoms in total. The zero-order chi connectivity index (χ0) is 23.8. The number of Topliss-reactive ketones (excluding diaryl/α,β-unsaturated/α-hetero) is 1. The predicted molar refractivity (Wildman–Crippen MR) is 138 cm³/mol. The molecule has 0 radical (unpaired) electrons. The smallest absolute Gasteiger partial charge is 0.336 e. The van der Waals surface area contributed by atoms with E-state index in [4.69, 9.17) is 9.47 Å². The molecular weight excluding hydrogens is 541 g/mol. The van der Waals surface area contributed by atoms with Crippen LogP contribution in [0, 0.1) is 3.57 Å². The highest BCUT2D eigenvalue weighted by Crippen LogP contribution is 2.48. The van der Waals surface area contributed by atoms with E-state index in [0.29, 0.717) is 34.8 Å². The van der Waals surface area contributed by atoms with E-state index in [1.54, 1.807) is 0 Å². The molecule has 170 valence electrons. The fraction of sp³-hybridized carbons (Fsp3) is 0.143. The van der Waals surface area contributed by atoms with Gasteiger partial charge >= 0.3 is 5.97 Å². The van der Waals surface area contributed by atoms with Crippen LogP contribution in [-0.2, 0) is 16.1 Å². The number of allylic oxidation sites excluding steroid dienone is 2. The lowest BCUT2D eigenvalue weighted by Gasteiger charge is -2.30. The molecule has 0 amide bonds. The third-order valence-electron chi connectivity index (χ3n) is 6.19. The van der Waals surface area contributed by atoms with Gasteiger partial charge in [0.25, 0.3) is 0 Å². The second-order valence-corrected chi connectivity index (χ2v) is 9.45. The number of carbonyl (C=O) groups excluding carboxylic acids is 2. The van der Waals surface area contributed by atoms with Crippen LogP contribution in [0.2, 0.25) is 0 Å². The molecule has 3 aromatic rings. The highest BCUT2D eigenvalue weighted by atomic mass is 127. The van der Waals surface area contributed by atoms with Gasteiger partial charge in [-0.15, -0.1) is 0 Å². The lowest BCUT2D eigenvalue weighted by molar-refractivity contribution is -0.136. The Labute approximate surface area is 211 Å². The van der Waals surface area contributed by atoms with E-state index in [2.05, 4.69) is 27.9 Å². The lowest BCUT2D eigenvalue weighted by atomic mass is 9.79. The van der Waals surface area contributed by atoms with Gasteiger partial charge in [0.1, 0.15) is 12.4 Å². The van der Waals surface area contributed by atoms with Crippen LogP contribution in [0.3, 0.4) is 0 Å². The first-order chi connectivity index (χ1) is 16.5. The first kappa shape index (κ1) is 22.4. The van der Waals surface area contributed by atoms with Crippen LogP contribution in [-0.4, -0.2) is 18.9 Å². The zero-order valence-electron chi connectivity index (χ0n) is 18.7. The van der Waals surface area contributed by atoms with E-state index in [-0.39, 0.29) is 5.78 Å². The summed E-state index contributed by atoms with van der Waals surface area (Å²) in [6, 6.07) is 23.2. The van der Waals surface area contributed by atoms with Gasteiger partial charge in [0.2, 0.25) is 0 Å². The first-order valence-electron chi connectivity index (χ1n) is 10.9. The number of carbonyl (C=O) groups is 2. The van der Waals surface area contributed by atoms with Crippen molar-refractivity contribution in [3.05, 3.63) is 115 Å². The van der Waals surface area contributed by atoms with Gasteiger partial charge in [-0.3, -0.25) is 4.79 Å². The molecule has 0 saturated heterocycles. The average Bonchev–Trinajstić information content (AvgIpc) is 3.14. The van der Waals surface area contributed by atoms with Gasteiger partial charge in [-0.1, -0.05) is 54.6 Å². The van der Waals surface area contributed by atoms with Crippen LogP contribution >= 0.6 is 22.6 Å². The maximum absolute atomic E-state index is 13.6. The Bertz CT molecular complexity index is 1370. The molecule has 3 aromatic carbocycles. The second kappa shape index (κ2) is 9.10. The Morgan fingerprint density at radius 3 is 2.38 bits per heavy atom. The lowest BCUT2D eigenvalue weighted by Crippen LogP contribution is -2.29. The van der Waals surface area contributed by atoms with Crippen LogP contribution in [0.5, 0.6) is 5.75 Å². The Morgan fingerprint density at radius 1 is 0.971 bits per heavy atom. The summed E-state index contributed by atoms with van der Waals surface area (Å²) in [5, 5.41) is 3.31. The number of rotatable bonds is 5. The molecule has 1 N–H and O–H groups in total. The highest BCUT2D eigenvalue weighted by Gasteiger charge is 2.43. The third kappa shape index (κ3) is 3.81. The minimum Gasteiger partial charge on any atom is -0.489 e. The fourth-order valence-corrected chi connectivity index (χ4v) is 4.97. The quantitative estimate of drug-likeness (QED) is 0.323. The molecule has 1 atom stereocenters. The summed E-state index contributed by atoms with van der Waals surface area (Å²) < 4.78 is 12.5. The van der Waals surface area contributed by atoms with Gasteiger partial charge in [0.15, 0.2) is 5.78 Å². The topological polar surface area (TPSA) is 64.6 Å². The number of benzene rings is 3. The fourth-order valence-electron chi connectivity index (χ4n) is 4.61. The van der Waals surface area contributed by atoms with Crippen LogP contribution in [0.1, 0.15) is 39.9 Å². The number of methoxy groups -OCH3 is 1. The number of nitrogens with one attached hydrogen (secondary N) is 1. The summed E-state index contributed by atoms with van der Waals surface area (Å²) in [5.41, 5.74) is 5.60. The second-order valence-electron chi connectivity index (χ2n) is 8.20. The number of dihydropyridines is 1. The van der Waals surface area contributed by atoms with Crippen LogP contribution < -0.4 is 10.1 Å². The summed E-state index contributed by atoms with van der Waals surface area (Å²) in [4.78, 5) is 26.5. The normalized spacial score (nSPS) is 16.7. The number of hydrogen-bond acceptors (Lipinski definition) is 5. The maximum Gasteiger partial charge on any atom is 0.336 e. The Hall–Kier alpha value is -3.39. The van der Waals surface area contributed by atoms with Crippen molar-refractivity contribution < 1.29 is 19.1 Å². The molecular formula is C28H22INO4. The summed E-state index contributed by atoms with van der Waals surface area (Å²) in [5.74, 6) is -0.559. The van der Waals surface area contributed by atoms with Crippen molar-refractivity contribution in [1.82, 2.24) is 5.32 Å². The molecule has 0 aromatic heterocycles. The largest absolute Gasteiger partial charge is 0.489 e. The molecule has 6 heteroatoms. The van der Waals surface area contributed by atoms with Crippen LogP contribution in [0.15, 0.2) is 89.6 Å². The van der Waals surface area contributed by atoms with Crippen LogP contribution in [0.4, 0.5) is 0 Å². The Morgan fingerprint density at radius 2 is 1.65 bits per heavy atom. The van der Waals surface area contributed by atoms with Crippen molar-refractivity contribution in [3.8, 4) is 5.75 Å². The van der Waals surface area contributed by atoms with Crippen molar-refractivity contribution in [3.63, 3.8) is 0 Å². The SMILES string of the molecule is COC(=O)C1=C(C)NC2=C(C(=O)c3ccccc32)[C@@H]1c1ccccc1OCc1ccc(I)cc1. The molecule has 5 rings (SSSR count). The molecule has 1 aliphatic heterocycles. The molecule has 0 bridgehead atoms. The highest BCUT2D eigenvalue weighted by molar-refractivity contribution is 14.1. The number of ether oxygens (including phenoxy) is 2. The number of esters is 1. The number of para-hydroxylation sites is 1. The molecule has 0 fully saturated rings. The monoisotopic (exact) mass is 563 g/mol. The van der Waals surface area contributed by atoms with Gasteiger partial charge in [-0.25, -0.2) is 4.79 Å². The average molecular weight is 563 g/mol. The summed E-state index contributed by atoms with van der Waals surface area (Å²) in [7, 11) is 1.36. The standard InChI is InChI=1S/C28H22INO4/c1-16-23(28(32)33-2)24(25-26(30-16)19-7-3-4-8-20(19)27(25)31)21-9-5-6-10-22(21)34-15-17-11-13-18(29)14-12-17/h3-14,24,30H,15H2,1-2H3/t24-/m1/s1. The van der Waals surface area contributed by atoms with Gasteiger partial charge in [0, 0.05) is 31.5 Å². The van der Waals surface area contributed by atoms with Crippen LogP contribution in [0.25, 0.3) is 5.70 Å². The van der Waals surface area contributed by atoms with Gasteiger partial charge in [-0.05, 0) is 53.3 Å². The van der Waals surface area contributed by atoms with Gasteiger partial charge in [0.05, 0.1) is 24.3 Å². The summed E-state index contributed by atoms with van der Waals surface area (Å²) in [6.45, 7) is 2.21. The number of ketones is 1. The van der Waals surface area contributed by atoms with Crippen molar-refractivity contribution in [2.24, 2.45) is 0 Å². The van der Waals surface area contributed by atoms with Crippen molar-refractivity contribution in [2.45, 2.75) is 19.4 Å². The van der Waals surface area contributed by atoms with Crippen molar-refractivity contribution >= 4 is 40.0 Å². The molecule has 0 spiro atoms. The van der Waals surface area contributed by atoms with E-state index in [9.17, 15) is 9.59 Å².